The Morgan fingerprint density at radius 2 is 2.03 bits per heavy atom. The summed E-state index contributed by atoms with van der Waals surface area (Å²) < 4.78 is 21.5. The first kappa shape index (κ1) is 22.0. The SMILES string of the molecule is COc1cc(C=C[N+](=O)[O-])cc(Br)c1OC(=O)COc1ccc2c(C)cc(=O)oc2c1. The molecule has 0 amide bonds. The molecule has 3 aromatic rings. The number of nitro groups is 1. The van der Waals surface area contributed by atoms with Crippen LogP contribution >= 0.6 is 15.9 Å². The van der Waals surface area contributed by atoms with Gasteiger partial charge in [-0.2, -0.15) is 0 Å². The van der Waals surface area contributed by atoms with E-state index < -0.39 is 23.1 Å². The van der Waals surface area contributed by atoms with E-state index >= 15 is 0 Å². The number of nitrogens with zero attached hydrogens (tertiary/aromatic N) is 1. The summed E-state index contributed by atoms with van der Waals surface area (Å²) in [7, 11) is 1.38. The molecule has 0 atom stereocenters. The highest BCUT2D eigenvalue weighted by molar-refractivity contribution is 9.10. The van der Waals surface area contributed by atoms with Crippen molar-refractivity contribution in [3.05, 3.63) is 78.7 Å². The van der Waals surface area contributed by atoms with Crippen molar-refractivity contribution in [2.45, 2.75) is 6.92 Å². The minimum Gasteiger partial charge on any atom is -0.493 e. The van der Waals surface area contributed by atoms with E-state index in [2.05, 4.69) is 15.9 Å². The average Bonchev–Trinajstić information content (AvgIpc) is 2.71. The normalized spacial score (nSPS) is 10.9. The predicted molar refractivity (Wildman–Crippen MR) is 115 cm³/mol. The van der Waals surface area contributed by atoms with Gasteiger partial charge in [0.15, 0.2) is 18.1 Å². The van der Waals surface area contributed by atoms with E-state index in [9.17, 15) is 19.7 Å². The van der Waals surface area contributed by atoms with Gasteiger partial charge in [-0.05, 0) is 58.2 Å². The third-order valence-electron chi connectivity index (χ3n) is 4.14. The first-order valence-electron chi connectivity index (χ1n) is 8.84. The van der Waals surface area contributed by atoms with Crippen LogP contribution in [0.4, 0.5) is 0 Å². The topological polar surface area (TPSA) is 118 Å². The van der Waals surface area contributed by atoms with Crippen molar-refractivity contribution < 1.29 is 28.3 Å². The van der Waals surface area contributed by atoms with Crippen molar-refractivity contribution in [1.82, 2.24) is 0 Å². The predicted octanol–water partition coefficient (Wildman–Crippen LogP) is 4.10. The highest BCUT2D eigenvalue weighted by Crippen LogP contribution is 2.37. The lowest BCUT2D eigenvalue weighted by Crippen LogP contribution is -2.18. The highest BCUT2D eigenvalue weighted by Gasteiger charge is 2.16. The van der Waals surface area contributed by atoms with Crippen LogP contribution in [0.3, 0.4) is 0 Å². The van der Waals surface area contributed by atoms with Gasteiger partial charge in [0.2, 0.25) is 6.20 Å². The lowest BCUT2D eigenvalue weighted by molar-refractivity contribution is -0.400. The van der Waals surface area contributed by atoms with Crippen LogP contribution in [0, 0.1) is 17.0 Å². The quantitative estimate of drug-likeness (QED) is 0.160. The van der Waals surface area contributed by atoms with Gasteiger partial charge in [0.1, 0.15) is 11.3 Å². The summed E-state index contributed by atoms with van der Waals surface area (Å²) in [5.74, 6) is -0.0777. The van der Waals surface area contributed by atoms with Crippen LogP contribution in [0.25, 0.3) is 17.0 Å². The molecule has 0 spiro atoms. The van der Waals surface area contributed by atoms with Gasteiger partial charge < -0.3 is 18.6 Å². The standard InChI is InChI=1S/C21H16BrNO8/c1-12-7-19(24)30-17-10-14(3-4-15(12)17)29-11-20(25)31-21-16(22)8-13(5-6-23(26)27)9-18(21)28-2/h3-10H,11H2,1-2H3. The summed E-state index contributed by atoms with van der Waals surface area (Å²) in [6, 6.07) is 9.32. The van der Waals surface area contributed by atoms with Gasteiger partial charge in [-0.15, -0.1) is 0 Å². The van der Waals surface area contributed by atoms with E-state index in [-0.39, 0.29) is 11.5 Å². The molecule has 3 rings (SSSR count). The first-order valence-corrected chi connectivity index (χ1v) is 9.63. The molecule has 0 saturated heterocycles. The second kappa shape index (κ2) is 9.43. The highest BCUT2D eigenvalue weighted by atomic mass is 79.9. The number of esters is 1. The monoisotopic (exact) mass is 489 g/mol. The third-order valence-corrected chi connectivity index (χ3v) is 4.72. The fraction of sp³-hybridized carbons (Fsp3) is 0.143. The Balaban J connectivity index is 1.73. The molecule has 9 nitrogen and oxygen atoms in total. The van der Waals surface area contributed by atoms with Gasteiger partial charge in [-0.1, -0.05) is 0 Å². The van der Waals surface area contributed by atoms with Gasteiger partial charge in [-0.3, -0.25) is 10.1 Å². The van der Waals surface area contributed by atoms with Crippen molar-refractivity contribution in [2.75, 3.05) is 13.7 Å². The number of rotatable bonds is 7. The second-order valence-electron chi connectivity index (χ2n) is 6.30. The van der Waals surface area contributed by atoms with Gasteiger partial charge in [0.25, 0.3) is 0 Å². The van der Waals surface area contributed by atoms with Gasteiger partial charge in [0.05, 0.1) is 16.5 Å². The van der Waals surface area contributed by atoms with E-state index in [0.717, 1.165) is 17.1 Å². The van der Waals surface area contributed by atoms with Crippen molar-refractivity contribution in [1.29, 1.82) is 0 Å². The van der Waals surface area contributed by atoms with Crippen molar-refractivity contribution in [2.24, 2.45) is 0 Å². The Labute approximate surface area is 184 Å². The fourth-order valence-electron chi connectivity index (χ4n) is 2.76. The zero-order chi connectivity index (χ0) is 22.5. The largest absolute Gasteiger partial charge is 0.493 e. The van der Waals surface area contributed by atoms with E-state index in [4.69, 9.17) is 18.6 Å². The van der Waals surface area contributed by atoms with Gasteiger partial charge >= 0.3 is 11.6 Å². The summed E-state index contributed by atoms with van der Waals surface area (Å²) in [6.07, 6.45) is 2.07. The second-order valence-corrected chi connectivity index (χ2v) is 7.16. The molecule has 31 heavy (non-hydrogen) atoms. The lowest BCUT2D eigenvalue weighted by Gasteiger charge is -2.12. The number of hydrogen-bond donors (Lipinski definition) is 0. The molecule has 1 heterocycles. The zero-order valence-corrected chi connectivity index (χ0v) is 18.0. The number of hydrogen-bond acceptors (Lipinski definition) is 8. The third kappa shape index (κ3) is 5.48. The maximum absolute atomic E-state index is 12.3. The van der Waals surface area contributed by atoms with Crippen LogP contribution in [0.5, 0.6) is 17.2 Å². The number of carbonyl (C=O) groups excluding carboxylic acids is 1. The van der Waals surface area contributed by atoms with Crippen molar-refractivity contribution in [3.63, 3.8) is 0 Å². The minimum absolute atomic E-state index is 0.106. The van der Waals surface area contributed by atoms with Crippen LogP contribution in [0.2, 0.25) is 0 Å². The van der Waals surface area contributed by atoms with Gasteiger partial charge in [0, 0.05) is 23.6 Å². The maximum Gasteiger partial charge on any atom is 0.349 e. The fourth-order valence-corrected chi connectivity index (χ4v) is 3.30. The Hall–Kier alpha value is -3.66. The number of aryl methyl sites for hydroxylation is 1. The van der Waals surface area contributed by atoms with Crippen LogP contribution in [-0.2, 0) is 4.79 Å². The molecule has 160 valence electrons. The number of carbonyl (C=O) groups is 1. The molecule has 0 aliphatic heterocycles. The molecule has 0 radical (unpaired) electrons. The molecule has 0 bridgehead atoms. The summed E-state index contributed by atoms with van der Waals surface area (Å²) in [5, 5.41) is 11.2. The number of ether oxygens (including phenoxy) is 3. The number of halogens is 1. The zero-order valence-electron chi connectivity index (χ0n) is 16.4. The Kier molecular flexibility index (Phi) is 6.71. The molecular formula is C21H16BrNO8. The van der Waals surface area contributed by atoms with Crippen LogP contribution < -0.4 is 19.8 Å². The molecule has 0 fully saturated rings. The molecular weight excluding hydrogens is 474 g/mol. The molecule has 1 aromatic heterocycles. The lowest BCUT2D eigenvalue weighted by atomic mass is 10.1. The molecule has 10 heteroatoms. The summed E-state index contributed by atoms with van der Waals surface area (Å²) in [5.41, 5.74) is 1.11. The Morgan fingerprint density at radius 1 is 1.26 bits per heavy atom. The van der Waals surface area contributed by atoms with E-state index in [1.165, 1.54) is 31.4 Å². The van der Waals surface area contributed by atoms with Gasteiger partial charge in [-0.25, -0.2) is 9.59 Å². The van der Waals surface area contributed by atoms with E-state index in [1.54, 1.807) is 25.1 Å². The molecule has 2 aromatic carbocycles. The minimum atomic E-state index is -0.710. The summed E-state index contributed by atoms with van der Waals surface area (Å²) in [4.78, 5) is 33.7. The molecule has 0 saturated carbocycles. The van der Waals surface area contributed by atoms with E-state index in [0.29, 0.717) is 21.4 Å². The number of benzene rings is 2. The van der Waals surface area contributed by atoms with Crippen LogP contribution in [-0.4, -0.2) is 24.6 Å². The Morgan fingerprint density at radius 3 is 2.74 bits per heavy atom. The van der Waals surface area contributed by atoms with Crippen LogP contribution in [0.1, 0.15) is 11.1 Å². The molecule has 0 unspecified atom stereocenters. The number of methoxy groups -OCH3 is 1. The smallest absolute Gasteiger partial charge is 0.349 e. The Bertz CT molecular complexity index is 1250. The molecule has 0 aliphatic rings. The summed E-state index contributed by atoms with van der Waals surface area (Å²) >= 11 is 3.27. The average molecular weight is 490 g/mol. The van der Waals surface area contributed by atoms with Crippen molar-refractivity contribution in [3.8, 4) is 17.2 Å². The first-order chi connectivity index (χ1) is 14.8. The van der Waals surface area contributed by atoms with E-state index in [1.807, 2.05) is 0 Å². The van der Waals surface area contributed by atoms with Crippen molar-refractivity contribution >= 4 is 38.9 Å². The maximum atomic E-state index is 12.3. The summed E-state index contributed by atoms with van der Waals surface area (Å²) in [6.45, 7) is 1.38. The molecule has 0 N–H and O–H groups in total. The van der Waals surface area contributed by atoms with Crippen LogP contribution in [0.15, 0.2) is 56.3 Å². The number of fused-ring (bicyclic) bond motifs is 1. The molecule has 0 aliphatic carbocycles.